The van der Waals surface area contributed by atoms with Gasteiger partial charge in [0.1, 0.15) is 5.60 Å². The van der Waals surface area contributed by atoms with Gasteiger partial charge in [0.2, 0.25) is 0 Å². The maximum atomic E-state index is 13.1. The average Bonchev–Trinajstić information content (AvgIpc) is 2.68. The summed E-state index contributed by atoms with van der Waals surface area (Å²) < 4.78 is 84.3. The molecule has 1 aromatic rings. The van der Waals surface area contributed by atoms with Gasteiger partial charge in [0.15, 0.2) is 0 Å². The fourth-order valence-electron chi connectivity index (χ4n) is 4.17. The van der Waals surface area contributed by atoms with Gasteiger partial charge in [-0.3, -0.25) is 0 Å². The van der Waals surface area contributed by atoms with Crippen molar-refractivity contribution in [2.75, 3.05) is 0 Å². The number of ether oxygens (including phenoxy) is 1. The molecule has 0 radical (unpaired) electrons. The zero-order valence-electron chi connectivity index (χ0n) is 19.5. The van der Waals surface area contributed by atoms with Crippen LogP contribution in [0.25, 0.3) is 0 Å². The average molecular weight is 483 g/mol. The number of nitrogens with zero attached hydrogens (tertiary/aromatic N) is 1. The number of amides is 1. The van der Waals surface area contributed by atoms with E-state index in [1.807, 2.05) is 13.8 Å². The first-order chi connectivity index (χ1) is 15.0. The molecule has 0 saturated carbocycles. The van der Waals surface area contributed by atoms with E-state index in [-0.39, 0.29) is 36.3 Å². The van der Waals surface area contributed by atoms with Crippen LogP contribution in [0.15, 0.2) is 18.2 Å². The van der Waals surface area contributed by atoms with Gasteiger partial charge in [-0.25, -0.2) is 4.79 Å². The van der Waals surface area contributed by atoms with Gasteiger partial charge in [-0.05, 0) is 70.2 Å². The molecule has 1 aromatic carbocycles. The number of halogens is 6. The van der Waals surface area contributed by atoms with Gasteiger partial charge in [0, 0.05) is 24.7 Å². The van der Waals surface area contributed by atoms with Crippen LogP contribution in [0.1, 0.15) is 77.0 Å². The Morgan fingerprint density at radius 2 is 1.39 bits per heavy atom. The zero-order chi connectivity index (χ0) is 25.2. The molecule has 1 aliphatic heterocycles. The fraction of sp³-hybridized carbons (Fsp3) is 0.696. The third-order valence-electron chi connectivity index (χ3n) is 5.69. The molecule has 33 heavy (non-hydrogen) atoms. The van der Waals surface area contributed by atoms with Gasteiger partial charge in [-0.2, -0.15) is 26.3 Å². The molecule has 0 bridgehead atoms. The van der Waals surface area contributed by atoms with E-state index in [2.05, 4.69) is 5.32 Å². The second-order valence-electron chi connectivity index (χ2n) is 9.48. The summed E-state index contributed by atoms with van der Waals surface area (Å²) in [4.78, 5) is 14.5. The summed E-state index contributed by atoms with van der Waals surface area (Å²) in [5, 5.41) is 3.12. The first kappa shape index (κ1) is 27.3. The standard InChI is InChI=1S/C23H32F6N2O2/c1-6-18-11-17(12-19(7-2)31(18)20(32)33-21(3,4)5)30-13-14-8-15(22(24,25)26)10-16(9-14)23(27,28)29/h8-10,17-19,30H,6-7,11-13H2,1-5H3/t17-,18+,19-. The number of benzene rings is 1. The number of carbonyl (C=O) groups excluding carboxylic acids is 1. The number of carbonyl (C=O) groups is 1. The van der Waals surface area contributed by atoms with Crippen LogP contribution in [0.2, 0.25) is 0 Å². The highest BCUT2D eigenvalue weighted by molar-refractivity contribution is 5.69. The number of hydrogen-bond acceptors (Lipinski definition) is 3. The highest BCUT2D eigenvalue weighted by Gasteiger charge is 2.39. The van der Waals surface area contributed by atoms with Crippen molar-refractivity contribution >= 4 is 6.09 Å². The van der Waals surface area contributed by atoms with Crippen LogP contribution < -0.4 is 5.32 Å². The van der Waals surface area contributed by atoms with Crippen LogP contribution in [-0.2, 0) is 23.6 Å². The molecule has 0 aliphatic carbocycles. The van der Waals surface area contributed by atoms with E-state index in [0.717, 1.165) is 12.1 Å². The zero-order valence-corrected chi connectivity index (χ0v) is 19.5. The Bertz CT molecular complexity index is 770. The molecule has 1 saturated heterocycles. The molecular formula is C23H32F6N2O2. The summed E-state index contributed by atoms with van der Waals surface area (Å²) in [6.45, 7) is 9.07. The monoisotopic (exact) mass is 482 g/mol. The van der Waals surface area contributed by atoms with Crippen molar-refractivity contribution in [1.82, 2.24) is 10.2 Å². The Balaban J connectivity index is 2.19. The Morgan fingerprint density at radius 1 is 0.939 bits per heavy atom. The molecule has 0 unspecified atom stereocenters. The molecule has 1 fully saturated rings. The number of alkyl halides is 6. The third-order valence-corrected chi connectivity index (χ3v) is 5.69. The predicted molar refractivity (Wildman–Crippen MR) is 113 cm³/mol. The van der Waals surface area contributed by atoms with Crippen LogP contribution in [-0.4, -0.2) is 34.7 Å². The highest BCUT2D eigenvalue weighted by atomic mass is 19.4. The minimum Gasteiger partial charge on any atom is -0.444 e. The van der Waals surface area contributed by atoms with E-state index < -0.39 is 35.2 Å². The summed E-state index contributed by atoms with van der Waals surface area (Å²) in [5.41, 5.74) is -3.39. The van der Waals surface area contributed by atoms with Gasteiger partial charge in [-0.15, -0.1) is 0 Å². The molecule has 1 N–H and O–H groups in total. The minimum atomic E-state index is -4.88. The normalized spacial score (nSPS) is 22.4. The molecule has 10 heteroatoms. The lowest BCUT2D eigenvalue weighted by Crippen LogP contribution is -2.56. The summed E-state index contributed by atoms with van der Waals surface area (Å²) in [6.07, 6.45) is -7.82. The van der Waals surface area contributed by atoms with Crippen molar-refractivity contribution in [2.24, 2.45) is 0 Å². The molecule has 3 atom stereocenters. The van der Waals surface area contributed by atoms with Gasteiger partial charge in [0.05, 0.1) is 11.1 Å². The van der Waals surface area contributed by atoms with Crippen LogP contribution in [0.5, 0.6) is 0 Å². The highest BCUT2D eigenvalue weighted by Crippen LogP contribution is 2.36. The third kappa shape index (κ3) is 7.52. The molecule has 1 aliphatic rings. The second-order valence-corrected chi connectivity index (χ2v) is 9.48. The van der Waals surface area contributed by atoms with E-state index in [9.17, 15) is 31.1 Å². The number of hydrogen-bond donors (Lipinski definition) is 1. The molecule has 1 heterocycles. The van der Waals surface area contributed by atoms with Crippen molar-refractivity contribution in [2.45, 2.75) is 103 Å². The summed E-state index contributed by atoms with van der Waals surface area (Å²) in [5.74, 6) is 0. The number of nitrogens with one attached hydrogen (secondary N) is 1. The number of likely N-dealkylation sites (tertiary alicyclic amines) is 1. The molecule has 188 valence electrons. The Hall–Kier alpha value is -1.97. The quantitative estimate of drug-likeness (QED) is 0.471. The maximum Gasteiger partial charge on any atom is 0.416 e. The molecule has 1 amide bonds. The van der Waals surface area contributed by atoms with Crippen molar-refractivity contribution in [3.05, 3.63) is 34.9 Å². The van der Waals surface area contributed by atoms with Crippen molar-refractivity contribution < 1.29 is 35.9 Å². The largest absolute Gasteiger partial charge is 0.444 e. The topological polar surface area (TPSA) is 41.6 Å². The molecule has 0 aromatic heterocycles. The SMILES string of the molecule is CC[C@@H]1C[C@H](NCc2cc(C(F)(F)F)cc(C(F)(F)F)c2)C[C@H](CC)N1C(=O)OC(C)(C)C. The van der Waals surface area contributed by atoms with Gasteiger partial charge in [0.25, 0.3) is 0 Å². The lowest BCUT2D eigenvalue weighted by molar-refractivity contribution is -0.143. The Labute approximate surface area is 190 Å². The molecule has 4 nitrogen and oxygen atoms in total. The van der Waals surface area contributed by atoms with Gasteiger partial charge in [-0.1, -0.05) is 13.8 Å². The number of piperidine rings is 1. The Morgan fingerprint density at radius 3 is 1.76 bits per heavy atom. The summed E-state index contributed by atoms with van der Waals surface area (Å²) >= 11 is 0. The van der Waals surface area contributed by atoms with Crippen LogP contribution >= 0.6 is 0 Å². The van der Waals surface area contributed by atoms with E-state index >= 15 is 0 Å². The van der Waals surface area contributed by atoms with Crippen LogP contribution in [0.3, 0.4) is 0 Å². The van der Waals surface area contributed by atoms with Crippen molar-refractivity contribution in [3.63, 3.8) is 0 Å². The van der Waals surface area contributed by atoms with Crippen LogP contribution in [0.4, 0.5) is 31.1 Å². The van der Waals surface area contributed by atoms with Crippen LogP contribution in [0, 0.1) is 0 Å². The fourth-order valence-corrected chi connectivity index (χ4v) is 4.17. The predicted octanol–water partition coefficient (Wildman–Crippen LogP) is 6.77. The first-order valence-electron chi connectivity index (χ1n) is 11.1. The molecule has 0 spiro atoms. The Kier molecular flexibility index (Phi) is 8.36. The lowest BCUT2D eigenvalue weighted by Gasteiger charge is -2.45. The van der Waals surface area contributed by atoms with Crippen molar-refractivity contribution in [3.8, 4) is 0 Å². The second kappa shape index (κ2) is 10.1. The van der Waals surface area contributed by atoms with E-state index in [4.69, 9.17) is 4.74 Å². The minimum absolute atomic E-state index is 0.0900. The smallest absolute Gasteiger partial charge is 0.416 e. The lowest BCUT2D eigenvalue weighted by atomic mass is 9.88. The van der Waals surface area contributed by atoms with E-state index in [1.165, 1.54) is 0 Å². The van der Waals surface area contributed by atoms with Crippen molar-refractivity contribution in [1.29, 1.82) is 0 Å². The maximum absolute atomic E-state index is 13.1. The molecule has 2 rings (SSSR count). The van der Waals surface area contributed by atoms with E-state index in [1.54, 1.807) is 25.7 Å². The van der Waals surface area contributed by atoms with E-state index in [0.29, 0.717) is 25.7 Å². The number of rotatable bonds is 5. The summed E-state index contributed by atoms with van der Waals surface area (Å²) in [6, 6.07) is 1.15. The summed E-state index contributed by atoms with van der Waals surface area (Å²) in [7, 11) is 0. The first-order valence-corrected chi connectivity index (χ1v) is 11.1. The molecular weight excluding hydrogens is 450 g/mol. The van der Waals surface area contributed by atoms with Gasteiger partial charge >= 0.3 is 18.4 Å². The van der Waals surface area contributed by atoms with Gasteiger partial charge < -0.3 is 15.0 Å².